The molecule has 3 N–H and O–H groups in total. The van der Waals surface area contributed by atoms with Crippen LogP contribution in [-0.2, 0) is 0 Å². The molecule has 2 atom stereocenters. The van der Waals surface area contributed by atoms with E-state index in [1.807, 2.05) is 16.8 Å². The molecule has 188 valence electrons. The minimum Gasteiger partial charge on any atom is -0.369 e. The summed E-state index contributed by atoms with van der Waals surface area (Å²) in [7, 11) is 2.15. The van der Waals surface area contributed by atoms with E-state index >= 15 is 0 Å². The average molecular weight is 488 g/mol. The highest BCUT2D eigenvalue weighted by atomic mass is 19.1. The summed E-state index contributed by atoms with van der Waals surface area (Å²) in [6.07, 6.45) is 4.46. The first kappa shape index (κ1) is 24.3. The van der Waals surface area contributed by atoms with Crippen LogP contribution in [0.2, 0.25) is 0 Å². The number of halogens is 1. The predicted octanol–water partition coefficient (Wildman–Crippen LogP) is 4.23. The number of aromatic nitrogens is 2. The highest BCUT2D eigenvalue weighted by Crippen LogP contribution is 2.30. The molecule has 2 fully saturated rings. The zero-order valence-corrected chi connectivity index (χ0v) is 20.8. The van der Waals surface area contributed by atoms with Gasteiger partial charge in [0.25, 0.3) is 0 Å². The lowest BCUT2D eigenvalue weighted by atomic mass is 9.86. The molecule has 1 saturated carbocycles. The van der Waals surface area contributed by atoms with Gasteiger partial charge in [0.2, 0.25) is 0 Å². The highest BCUT2D eigenvalue weighted by molar-refractivity contribution is 5.67. The van der Waals surface area contributed by atoms with Gasteiger partial charge in [0.05, 0.1) is 16.9 Å². The Labute approximate surface area is 212 Å². The molecule has 7 nitrogen and oxygen atoms in total. The summed E-state index contributed by atoms with van der Waals surface area (Å²) in [5, 5.41) is 17.5. The van der Waals surface area contributed by atoms with Crippen molar-refractivity contribution in [3.63, 3.8) is 0 Å². The minimum absolute atomic E-state index is 0.0355. The summed E-state index contributed by atoms with van der Waals surface area (Å²) in [5.74, 6) is 0.744. The van der Waals surface area contributed by atoms with Gasteiger partial charge in [-0.2, -0.15) is 5.26 Å². The fourth-order valence-electron chi connectivity index (χ4n) is 5.27. The van der Waals surface area contributed by atoms with Crippen molar-refractivity contribution in [3.05, 3.63) is 59.9 Å². The van der Waals surface area contributed by atoms with Crippen LogP contribution in [0.5, 0.6) is 0 Å². The van der Waals surface area contributed by atoms with E-state index in [1.165, 1.54) is 24.2 Å². The number of piperazine rings is 1. The second-order valence-corrected chi connectivity index (χ2v) is 10.1. The molecule has 3 aromatic rings. The summed E-state index contributed by atoms with van der Waals surface area (Å²) in [6.45, 7) is 4.93. The molecular weight excluding hydrogens is 453 g/mol. The van der Waals surface area contributed by atoms with E-state index in [0.717, 1.165) is 69.2 Å². The molecule has 36 heavy (non-hydrogen) atoms. The van der Waals surface area contributed by atoms with Gasteiger partial charge in [-0.1, -0.05) is 12.5 Å². The van der Waals surface area contributed by atoms with Gasteiger partial charge in [-0.25, -0.2) is 9.07 Å². The minimum atomic E-state index is -0.529. The number of anilines is 2. The van der Waals surface area contributed by atoms with Crippen LogP contribution in [0.4, 0.5) is 15.9 Å². The number of benzene rings is 2. The molecule has 5 rings (SSSR count). The maximum absolute atomic E-state index is 14.5. The van der Waals surface area contributed by atoms with Crippen molar-refractivity contribution >= 4 is 11.5 Å². The maximum Gasteiger partial charge on any atom is 0.149 e. The lowest BCUT2D eigenvalue weighted by Gasteiger charge is -2.34. The van der Waals surface area contributed by atoms with Crippen molar-refractivity contribution in [1.29, 1.82) is 5.26 Å². The average Bonchev–Trinajstić information content (AvgIpc) is 3.32. The van der Waals surface area contributed by atoms with Crippen LogP contribution in [0.1, 0.15) is 31.2 Å². The second-order valence-electron chi connectivity index (χ2n) is 10.1. The Balaban J connectivity index is 1.42. The third-order valence-electron chi connectivity index (χ3n) is 7.45. The smallest absolute Gasteiger partial charge is 0.149 e. The third kappa shape index (κ3) is 5.38. The molecule has 0 bridgehead atoms. The molecule has 1 aliphatic heterocycles. The molecular formula is C28H34FN7. The van der Waals surface area contributed by atoms with Gasteiger partial charge in [0.15, 0.2) is 0 Å². The first-order valence-electron chi connectivity index (χ1n) is 12.8. The zero-order valence-electron chi connectivity index (χ0n) is 20.8. The van der Waals surface area contributed by atoms with Gasteiger partial charge >= 0.3 is 0 Å². The second kappa shape index (κ2) is 10.7. The summed E-state index contributed by atoms with van der Waals surface area (Å²) >= 11 is 0. The standard InChI is InChI=1S/C28H34FN7/c1-34-11-13-35(14-12-34)24-7-9-25(10-8-24)36-27(21-5-6-22(18-30)26(29)16-21)17-28(33-36)32-19-20-3-2-4-23(31)15-20/h5-10,16-17,20,23H,2-4,11-15,19,31H2,1H3,(H,32,33)/t20?,23-/m0/s1. The van der Waals surface area contributed by atoms with Crippen molar-refractivity contribution in [2.45, 2.75) is 31.7 Å². The summed E-state index contributed by atoms with van der Waals surface area (Å²) < 4.78 is 16.4. The molecule has 2 aliphatic rings. The van der Waals surface area contributed by atoms with Gasteiger partial charge in [0.1, 0.15) is 17.7 Å². The van der Waals surface area contributed by atoms with Gasteiger partial charge in [-0.05, 0) is 68.6 Å². The predicted molar refractivity (Wildman–Crippen MR) is 142 cm³/mol. The number of hydrogen-bond donors (Lipinski definition) is 2. The molecule has 0 radical (unpaired) electrons. The van der Waals surface area contributed by atoms with Crippen LogP contribution in [0.15, 0.2) is 48.5 Å². The first-order chi connectivity index (χ1) is 17.5. The van der Waals surface area contributed by atoms with Gasteiger partial charge < -0.3 is 20.9 Å². The fraction of sp³-hybridized carbons (Fsp3) is 0.429. The Morgan fingerprint density at radius 3 is 2.50 bits per heavy atom. The molecule has 0 amide bonds. The molecule has 8 heteroatoms. The van der Waals surface area contributed by atoms with Crippen molar-refractivity contribution in [2.75, 3.05) is 50.0 Å². The fourth-order valence-corrected chi connectivity index (χ4v) is 5.27. The Kier molecular flexibility index (Phi) is 7.21. The molecule has 1 unspecified atom stereocenters. The van der Waals surface area contributed by atoms with Gasteiger partial charge in [0, 0.05) is 56.1 Å². The molecule has 1 aliphatic carbocycles. The summed E-state index contributed by atoms with van der Waals surface area (Å²) in [6, 6.07) is 17.2. The van der Waals surface area contributed by atoms with Gasteiger partial charge in [-0.3, -0.25) is 0 Å². The van der Waals surface area contributed by atoms with E-state index in [2.05, 4.69) is 46.4 Å². The topological polar surface area (TPSA) is 86.1 Å². The first-order valence-corrected chi connectivity index (χ1v) is 12.8. The number of rotatable bonds is 6. The Morgan fingerprint density at radius 2 is 1.81 bits per heavy atom. The number of nitrogens with two attached hydrogens (primary N) is 1. The van der Waals surface area contributed by atoms with Crippen molar-refractivity contribution in [3.8, 4) is 23.0 Å². The Morgan fingerprint density at radius 1 is 1.06 bits per heavy atom. The number of hydrogen-bond acceptors (Lipinski definition) is 6. The van der Waals surface area contributed by atoms with E-state index < -0.39 is 5.82 Å². The van der Waals surface area contributed by atoms with Crippen LogP contribution in [0.3, 0.4) is 0 Å². The largest absolute Gasteiger partial charge is 0.369 e. The van der Waals surface area contributed by atoms with Crippen LogP contribution in [0.25, 0.3) is 16.9 Å². The van der Waals surface area contributed by atoms with E-state index in [-0.39, 0.29) is 11.6 Å². The van der Waals surface area contributed by atoms with Crippen molar-refractivity contribution in [2.24, 2.45) is 11.7 Å². The molecule has 1 aromatic heterocycles. The van der Waals surface area contributed by atoms with Crippen LogP contribution < -0.4 is 16.0 Å². The SMILES string of the molecule is CN1CCN(c2ccc(-n3nc(NCC4CCC[C@H](N)C4)cc3-c3ccc(C#N)c(F)c3)cc2)CC1. The number of nitrogens with one attached hydrogen (secondary N) is 1. The van der Waals surface area contributed by atoms with E-state index in [9.17, 15) is 4.39 Å². The van der Waals surface area contributed by atoms with E-state index in [1.54, 1.807) is 6.07 Å². The van der Waals surface area contributed by atoms with Crippen LogP contribution in [-0.4, -0.2) is 60.5 Å². The van der Waals surface area contributed by atoms with Crippen LogP contribution >= 0.6 is 0 Å². The molecule has 0 spiro atoms. The highest BCUT2D eigenvalue weighted by Gasteiger charge is 2.20. The maximum atomic E-state index is 14.5. The van der Waals surface area contributed by atoms with Crippen molar-refractivity contribution in [1.82, 2.24) is 14.7 Å². The summed E-state index contributed by atoms with van der Waals surface area (Å²) in [4.78, 5) is 4.73. The number of nitriles is 1. The molecule has 1 saturated heterocycles. The van der Waals surface area contributed by atoms with E-state index in [4.69, 9.17) is 16.1 Å². The zero-order chi connectivity index (χ0) is 25.1. The molecule has 2 aromatic carbocycles. The number of likely N-dealkylation sites (N-methyl/N-ethyl adjacent to an activating group) is 1. The quantitative estimate of drug-likeness (QED) is 0.541. The van der Waals surface area contributed by atoms with Crippen LogP contribution in [0, 0.1) is 23.1 Å². The van der Waals surface area contributed by atoms with Crippen molar-refractivity contribution < 1.29 is 4.39 Å². The monoisotopic (exact) mass is 487 g/mol. The lowest BCUT2D eigenvalue weighted by Crippen LogP contribution is -2.44. The van der Waals surface area contributed by atoms with Gasteiger partial charge in [-0.15, -0.1) is 5.10 Å². The third-order valence-corrected chi connectivity index (χ3v) is 7.45. The lowest BCUT2D eigenvalue weighted by molar-refractivity contribution is 0.313. The molecule has 2 heterocycles. The number of nitrogens with zero attached hydrogens (tertiary/aromatic N) is 5. The normalized spacial score (nSPS) is 20.8. The van der Waals surface area contributed by atoms with E-state index in [0.29, 0.717) is 11.5 Å². The summed E-state index contributed by atoms with van der Waals surface area (Å²) in [5.41, 5.74) is 9.75. The Hall–Kier alpha value is -3.41. The Bertz CT molecular complexity index is 1220.